The van der Waals surface area contributed by atoms with Crippen LogP contribution in [0.15, 0.2) is 12.2 Å². The average Bonchev–Trinajstić information content (AvgIpc) is 2.18. The molecule has 1 N–H and O–H groups in total. The van der Waals surface area contributed by atoms with E-state index in [1.807, 2.05) is 0 Å². The largest absolute Gasteiger partial charge is 0.478 e. The lowest BCUT2D eigenvalue weighted by Crippen LogP contribution is -2.35. The normalized spacial score (nSPS) is 20.2. The highest BCUT2D eigenvalue weighted by molar-refractivity contribution is 5.79. The molecule has 1 rings (SSSR count). The molecule has 0 bridgehead atoms. The van der Waals surface area contributed by atoms with Gasteiger partial charge in [-0.25, -0.2) is 4.79 Å². The van der Waals surface area contributed by atoms with Gasteiger partial charge in [0.2, 0.25) is 0 Å². The smallest absolute Gasteiger partial charge is 0.328 e. The first-order chi connectivity index (χ1) is 7.09. The number of carboxylic acid groups (broad SMARTS) is 1. The summed E-state index contributed by atoms with van der Waals surface area (Å²) < 4.78 is 0. The van der Waals surface area contributed by atoms with Gasteiger partial charge in [-0.05, 0) is 37.8 Å². The van der Waals surface area contributed by atoms with E-state index in [-0.39, 0.29) is 0 Å². The minimum absolute atomic E-state index is 0.775. The van der Waals surface area contributed by atoms with E-state index in [0.29, 0.717) is 0 Å². The number of carboxylic acids is 1. The monoisotopic (exact) mass is 211 g/mol. The van der Waals surface area contributed by atoms with E-state index < -0.39 is 5.97 Å². The minimum atomic E-state index is -0.855. The molecule has 0 atom stereocenters. The van der Waals surface area contributed by atoms with Gasteiger partial charge in [0.1, 0.15) is 0 Å². The maximum Gasteiger partial charge on any atom is 0.328 e. The molecule has 0 amide bonds. The summed E-state index contributed by atoms with van der Waals surface area (Å²) in [5.74, 6) is 0.776. The second-order valence-electron chi connectivity index (χ2n) is 4.62. The number of aliphatic carboxylic acids is 1. The highest BCUT2D eigenvalue weighted by Gasteiger charge is 2.20. The van der Waals surface area contributed by atoms with Crippen molar-refractivity contribution in [2.24, 2.45) is 11.8 Å². The SMILES string of the molecule is CC(C)C1CCN(C/C=C/C(=O)O)CC1. The molecule has 0 aliphatic carbocycles. The Kier molecular flexibility index (Phi) is 4.82. The zero-order valence-corrected chi connectivity index (χ0v) is 9.65. The van der Waals surface area contributed by atoms with E-state index in [1.54, 1.807) is 6.08 Å². The molecule has 0 radical (unpaired) electrons. The quantitative estimate of drug-likeness (QED) is 0.723. The third-order valence-corrected chi connectivity index (χ3v) is 3.20. The van der Waals surface area contributed by atoms with Gasteiger partial charge in [0.15, 0.2) is 0 Å². The molecule has 0 aromatic rings. The molecule has 1 fully saturated rings. The Balaban J connectivity index is 2.23. The summed E-state index contributed by atoms with van der Waals surface area (Å²) in [5, 5.41) is 8.45. The summed E-state index contributed by atoms with van der Waals surface area (Å²) in [6, 6.07) is 0. The van der Waals surface area contributed by atoms with Gasteiger partial charge in [-0.3, -0.25) is 4.90 Å². The Morgan fingerprint density at radius 2 is 2.07 bits per heavy atom. The Morgan fingerprint density at radius 3 is 2.53 bits per heavy atom. The molecule has 1 aliphatic heterocycles. The van der Waals surface area contributed by atoms with Crippen LogP contribution in [0.4, 0.5) is 0 Å². The van der Waals surface area contributed by atoms with E-state index in [9.17, 15) is 4.79 Å². The predicted molar refractivity (Wildman–Crippen MR) is 60.8 cm³/mol. The molecule has 3 heteroatoms. The lowest BCUT2D eigenvalue weighted by molar-refractivity contribution is -0.131. The number of hydrogen-bond donors (Lipinski definition) is 1. The molecule has 1 aliphatic rings. The molecule has 1 saturated heterocycles. The molecule has 15 heavy (non-hydrogen) atoms. The highest BCUT2D eigenvalue weighted by Crippen LogP contribution is 2.23. The van der Waals surface area contributed by atoms with Gasteiger partial charge >= 0.3 is 5.97 Å². The standard InChI is InChI=1S/C12H21NO2/c1-10(2)11-5-8-13(9-6-11)7-3-4-12(14)15/h3-4,10-11H,5-9H2,1-2H3,(H,14,15)/b4-3+. The fraction of sp³-hybridized carbons (Fsp3) is 0.750. The number of nitrogens with zero attached hydrogens (tertiary/aromatic N) is 1. The summed E-state index contributed by atoms with van der Waals surface area (Å²) in [7, 11) is 0. The van der Waals surface area contributed by atoms with Crippen molar-refractivity contribution in [2.45, 2.75) is 26.7 Å². The summed E-state index contributed by atoms with van der Waals surface area (Å²) in [4.78, 5) is 12.6. The molecule has 86 valence electrons. The fourth-order valence-electron chi connectivity index (χ4n) is 2.10. The van der Waals surface area contributed by atoms with Crippen LogP contribution in [0.1, 0.15) is 26.7 Å². The van der Waals surface area contributed by atoms with Crippen LogP contribution < -0.4 is 0 Å². The number of carbonyl (C=O) groups is 1. The zero-order chi connectivity index (χ0) is 11.3. The molecule has 1 heterocycles. The minimum Gasteiger partial charge on any atom is -0.478 e. The topological polar surface area (TPSA) is 40.5 Å². The van der Waals surface area contributed by atoms with Gasteiger partial charge in [-0.15, -0.1) is 0 Å². The molecule has 3 nitrogen and oxygen atoms in total. The fourth-order valence-corrected chi connectivity index (χ4v) is 2.10. The Hall–Kier alpha value is -0.830. The predicted octanol–water partition coefficient (Wildman–Crippen LogP) is 2.00. The maximum atomic E-state index is 10.3. The van der Waals surface area contributed by atoms with Crippen LogP contribution in [0.3, 0.4) is 0 Å². The van der Waals surface area contributed by atoms with Crippen LogP contribution in [-0.2, 0) is 4.79 Å². The van der Waals surface area contributed by atoms with Crippen molar-refractivity contribution in [2.75, 3.05) is 19.6 Å². The third kappa shape index (κ3) is 4.47. The maximum absolute atomic E-state index is 10.3. The Labute approximate surface area is 91.8 Å². The van der Waals surface area contributed by atoms with Gasteiger partial charge < -0.3 is 5.11 Å². The van der Waals surface area contributed by atoms with E-state index in [0.717, 1.165) is 31.5 Å². The van der Waals surface area contributed by atoms with Crippen LogP contribution in [-0.4, -0.2) is 35.6 Å². The molecular weight excluding hydrogens is 190 g/mol. The first kappa shape index (κ1) is 12.2. The molecule has 0 aromatic heterocycles. The van der Waals surface area contributed by atoms with Crippen molar-refractivity contribution in [1.29, 1.82) is 0 Å². The van der Waals surface area contributed by atoms with E-state index in [4.69, 9.17) is 5.11 Å². The van der Waals surface area contributed by atoms with E-state index in [2.05, 4.69) is 18.7 Å². The summed E-state index contributed by atoms with van der Waals surface area (Å²) in [6.07, 6.45) is 5.46. The Bertz CT molecular complexity index is 228. The number of piperidine rings is 1. The lowest BCUT2D eigenvalue weighted by atomic mass is 9.87. The summed E-state index contributed by atoms with van der Waals surface area (Å²) >= 11 is 0. The van der Waals surface area contributed by atoms with Crippen LogP contribution >= 0.6 is 0 Å². The first-order valence-electron chi connectivity index (χ1n) is 5.71. The first-order valence-corrected chi connectivity index (χ1v) is 5.71. The van der Waals surface area contributed by atoms with Crippen LogP contribution in [0.25, 0.3) is 0 Å². The second kappa shape index (κ2) is 5.91. The third-order valence-electron chi connectivity index (χ3n) is 3.20. The van der Waals surface area contributed by atoms with Crippen LogP contribution in [0.5, 0.6) is 0 Å². The Morgan fingerprint density at radius 1 is 1.47 bits per heavy atom. The molecular formula is C12H21NO2. The van der Waals surface area contributed by atoms with Crippen LogP contribution in [0.2, 0.25) is 0 Å². The lowest BCUT2D eigenvalue weighted by Gasteiger charge is -2.33. The van der Waals surface area contributed by atoms with Crippen molar-refractivity contribution in [1.82, 2.24) is 4.90 Å². The van der Waals surface area contributed by atoms with Crippen molar-refractivity contribution < 1.29 is 9.90 Å². The van der Waals surface area contributed by atoms with Gasteiger partial charge in [0, 0.05) is 12.6 Å². The molecule has 0 spiro atoms. The summed E-state index contributed by atoms with van der Waals surface area (Å²) in [6.45, 7) is 7.55. The van der Waals surface area contributed by atoms with Crippen molar-refractivity contribution in [3.05, 3.63) is 12.2 Å². The van der Waals surface area contributed by atoms with Crippen molar-refractivity contribution >= 4 is 5.97 Å². The summed E-state index contributed by atoms with van der Waals surface area (Å²) in [5.41, 5.74) is 0. The number of rotatable bonds is 4. The van der Waals surface area contributed by atoms with Crippen LogP contribution in [0, 0.1) is 11.8 Å². The molecule has 0 aromatic carbocycles. The number of hydrogen-bond acceptors (Lipinski definition) is 2. The second-order valence-corrected chi connectivity index (χ2v) is 4.62. The van der Waals surface area contributed by atoms with E-state index >= 15 is 0 Å². The van der Waals surface area contributed by atoms with Crippen molar-refractivity contribution in [3.63, 3.8) is 0 Å². The zero-order valence-electron chi connectivity index (χ0n) is 9.65. The van der Waals surface area contributed by atoms with Gasteiger partial charge in [-0.2, -0.15) is 0 Å². The van der Waals surface area contributed by atoms with E-state index in [1.165, 1.54) is 18.9 Å². The highest BCUT2D eigenvalue weighted by atomic mass is 16.4. The average molecular weight is 211 g/mol. The van der Waals surface area contributed by atoms with Gasteiger partial charge in [0.05, 0.1) is 0 Å². The van der Waals surface area contributed by atoms with Gasteiger partial charge in [-0.1, -0.05) is 19.9 Å². The van der Waals surface area contributed by atoms with Crippen molar-refractivity contribution in [3.8, 4) is 0 Å². The molecule has 0 unspecified atom stereocenters. The van der Waals surface area contributed by atoms with Gasteiger partial charge in [0.25, 0.3) is 0 Å². The molecule has 0 saturated carbocycles. The number of likely N-dealkylation sites (tertiary alicyclic amines) is 1.